The molecule has 3 aromatic rings. The molecule has 2 heterocycles. The summed E-state index contributed by atoms with van der Waals surface area (Å²) in [4.78, 5) is 20.8. The van der Waals surface area contributed by atoms with Crippen molar-refractivity contribution >= 4 is 34.5 Å². The van der Waals surface area contributed by atoms with Crippen LogP contribution in [0, 0.1) is 6.92 Å². The number of aromatic nitrogens is 3. The number of carbonyl (C=O) groups is 1. The van der Waals surface area contributed by atoms with E-state index in [4.69, 9.17) is 16.3 Å². The van der Waals surface area contributed by atoms with Crippen molar-refractivity contribution in [2.24, 2.45) is 0 Å². The molecule has 2 aromatic heterocycles. The molecule has 0 aliphatic heterocycles. The summed E-state index contributed by atoms with van der Waals surface area (Å²) < 4.78 is 6.80. The molecule has 0 fully saturated rings. The number of imidazole rings is 1. The molecule has 6 nitrogen and oxygen atoms in total. The maximum absolute atomic E-state index is 12.2. The molecular weight excluding hydrogens is 348 g/mol. The number of nitrogens with one attached hydrogen (secondary N) is 1. The van der Waals surface area contributed by atoms with Crippen LogP contribution in [0.4, 0.5) is 5.69 Å². The highest BCUT2D eigenvalue weighted by Gasteiger charge is 2.10. The van der Waals surface area contributed by atoms with E-state index in [0.717, 1.165) is 16.4 Å². The molecule has 0 unspecified atom stereocenters. The molecule has 0 radical (unpaired) electrons. The number of rotatable bonds is 5. The summed E-state index contributed by atoms with van der Waals surface area (Å²) in [6, 6.07) is 5.09. The van der Waals surface area contributed by atoms with Crippen LogP contribution in [-0.4, -0.2) is 27.6 Å². The maximum Gasteiger partial charge on any atom is 0.244 e. The van der Waals surface area contributed by atoms with Crippen LogP contribution >= 0.6 is 22.9 Å². The van der Waals surface area contributed by atoms with E-state index in [2.05, 4.69) is 15.3 Å². The molecule has 0 spiro atoms. The Kier molecular flexibility index (Phi) is 4.82. The van der Waals surface area contributed by atoms with Crippen LogP contribution in [0.2, 0.25) is 5.02 Å². The smallest absolute Gasteiger partial charge is 0.244 e. The number of hydrogen-bond acceptors (Lipinski definition) is 5. The van der Waals surface area contributed by atoms with E-state index in [1.807, 2.05) is 12.3 Å². The highest BCUT2D eigenvalue weighted by molar-refractivity contribution is 7.13. The highest BCUT2D eigenvalue weighted by Crippen LogP contribution is 2.27. The third-order valence-corrected chi connectivity index (χ3v) is 4.51. The van der Waals surface area contributed by atoms with Crippen molar-refractivity contribution in [2.75, 3.05) is 12.4 Å². The molecule has 124 valence electrons. The predicted molar refractivity (Wildman–Crippen MR) is 94.7 cm³/mol. The Bertz CT molecular complexity index is 875. The van der Waals surface area contributed by atoms with Crippen molar-refractivity contribution in [2.45, 2.75) is 13.5 Å². The van der Waals surface area contributed by atoms with Gasteiger partial charge in [0.25, 0.3) is 0 Å². The minimum absolute atomic E-state index is 0.154. The van der Waals surface area contributed by atoms with E-state index < -0.39 is 0 Å². The largest absolute Gasteiger partial charge is 0.495 e. The van der Waals surface area contributed by atoms with E-state index >= 15 is 0 Å². The van der Waals surface area contributed by atoms with Gasteiger partial charge in [0.15, 0.2) is 0 Å². The fourth-order valence-electron chi connectivity index (χ4n) is 2.14. The van der Waals surface area contributed by atoms with E-state index in [0.29, 0.717) is 16.5 Å². The Labute approximate surface area is 148 Å². The van der Waals surface area contributed by atoms with E-state index in [1.54, 1.807) is 42.4 Å². The van der Waals surface area contributed by atoms with Crippen LogP contribution in [0.25, 0.3) is 10.7 Å². The summed E-state index contributed by atoms with van der Waals surface area (Å²) >= 11 is 7.58. The predicted octanol–water partition coefficient (Wildman–Crippen LogP) is 3.62. The molecule has 0 atom stereocenters. The lowest BCUT2D eigenvalue weighted by Crippen LogP contribution is -2.17. The number of nitrogens with zero attached hydrogens (tertiary/aromatic N) is 3. The van der Waals surface area contributed by atoms with Crippen molar-refractivity contribution in [3.8, 4) is 16.5 Å². The lowest BCUT2D eigenvalue weighted by Gasteiger charge is -2.08. The number of amides is 1. The normalized spacial score (nSPS) is 10.6. The van der Waals surface area contributed by atoms with Crippen LogP contribution < -0.4 is 10.1 Å². The SMILES string of the molecule is COc1ccc(NC(=O)Cn2cnc(-c3nc(C)cs3)c2)cc1Cl. The molecule has 1 amide bonds. The summed E-state index contributed by atoms with van der Waals surface area (Å²) in [5.41, 5.74) is 2.33. The van der Waals surface area contributed by atoms with Crippen LogP contribution in [0.5, 0.6) is 5.75 Å². The average Bonchev–Trinajstić information content (AvgIpc) is 3.16. The number of thiazole rings is 1. The lowest BCUT2D eigenvalue weighted by molar-refractivity contribution is -0.116. The van der Waals surface area contributed by atoms with Gasteiger partial charge in [0.05, 0.1) is 18.5 Å². The molecule has 24 heavy (non-hydrogen) atoms. The Balaban J connectivity index is 1.65. The monoisotopic (exact) mass is 362 g/mol. The fraction of sp³-hybridized carbons (Fsp3) is 0.188. The van der Waals surface area contributed by atoms with Gasteiger partial charge < -0.3 is 14.6 Å². The number of carbonyl (C=O) groups excluding carboxylic acids is 1. The van der Waals surface area contributed by atoms with Gasteiger partial charge in [-0.3, -0.25) is 4.79 Å². The number of hydrogen-bond donors (Lipinski definition) is 1. The van der Waals surface area contributed by atoms with E-state index in [9.17, 15) is 4.79 Å². The van der Waals surface area contributed by atoms with Gasteiger partial charge in [0.2, 0.25) is 5.91 Å². The molecule has 1 aromatic carbocycles. The molecule has 1 N–H and O–H groups in total. The molecule has 0 bridgehead atoms. The summed E-state index contributed by atoms with van der Waals surface area (Å²) in [6.45, 7) is 2.09. The third kappa shape index (κ3) is 3.74. The average molecular weight is 363 g/mol. The summed E-state index contributed by atoms with van der Waals surface area (Å²) in [5.74, 6) is 0.392. The Morgan fingerprint density at radius 1 is 1.46 bits per heavy atom. The molecule has 3 rings (SSSR count). The van der Waals surface area contributed by atoms with Crippen LogP contribution in [-0.2, 0) is 11.3 Å². The number of aryl methyl sites for hydroxylation is 1. The molecule has 0 saturated heterocycles. The number of anilines is 1. The molecule has 8 heteroatoms. The van der Waals surface area contributed by atoms with Gasteiger partial charge >= 0.3 is 0 Å². The van der Waals surface area contributed by atoms with Gasteiger partial charge in [-0.15, -0.1) is 11.3 Å². The highest BCUT2D eigenvalue weighted by atomic mass is 35.5. The Morgan fingerprint density at radius 3 is 2.96 bits per heavy atom. The van der Waals surface area contributed by atoms with Crippen molar-refractivity contribution in [3.63, 3.8) is 0 Å². The van der Waals surface area contributed by atoms with Crippen molar-refractivity contribution in [3.05, 3.63) is 46.8 Å². The summed E-state index contributed by atoms with van der Waals surface area (Å²) in [7, 11) is 1.54. The second-order valence-corrected chi connectivity index (χ2v) is 6.39. The zero-order chi connectivity index (χ0) is 17.1. The fourth-order valence-corrected chi connectivity index (χ4v) is 3.15. The van der Waals surface area contributed by atoms with E-state index in [-0.39, 0.29) is 12.5 Å². The summed E-state index contributed by atoms with van der Waals surface area (Å²) in [6.07, 6.45) is 3.42. The number of ether oxygens (including phenoxy) is 1. The first-order chi connectivity index (χ1) is 11.5. The number of halogens is 1. The topological polar surface area (TPSA) is 69.0 Å². The van der Waals surface area contributed by atoms with E-state index in [1.165, 1.54) is 11.3 Å². The standard InChI is InChI=1S/C16H15ClN4O2S/c1-10-8-24-16(19-10)13-6-21(9-18-13)7-15(22)20-11-3-4-14(23-2)12(17)5-11/h3-6,8-9H,7H2,1-2H3,(H,20,22). The van der Waals surface area contributed by atoms with Gasteiger partial charge in [-0.2, -0.15) is 0 Å². The minimum atomic E-state index is -0.171. The molecule has 0 aliphatic carbocycles. The zero-order valence-electron chi connectivity index (χ0n) is 13.1. The van der Waals surface area contributed by atoms with Crippen LogP contribution in [0.1, 0.15) is 5.69 Å². The van der Waals surface area contributed by atoms with Gasteiger partial charge in [-0.1, -0.05) is 11.6 Å². The second-order valence-electron chi connectivity index (χ2n) is 5.12. The van der Waals surface area contributed by atoms with Crippen molar-refractivity contribution in [1.29, 1.82) is 0 Å². The molecular formula is C16H15ClN4O2S. The lowest BCUT2D eigenvalue weighted by atomic mass is 10.3. The molecule has 0 saturated carbocycles. The summed E-state index contributed by atoms with van der Waals surface area (Å²) in [5, 5.41) is 6.05. The van der Waals surface area contributed by atoms with Crippen LogP contribution in [0.15, 0.2) is 36.1 Å². The van der Waals surface area contributed by atoms with Gasteiger partial charge in [0, 0.05) is 23.0 Å². The third-order valence-electron chi connectivity index (χ3n) is 3.23. The van der Waals surface area contributed by atoms with Crippen molar-refractivity contribution in [1.82, 2.24) is 14.5 Å². The zero-order valence-corrected chi connectivity index (χ0v) is 14.7. The first-order valence-corrected chi connectivity index (χ1v) is 8.38. The van der Waals surface area contributed by atoms with Crippen LogP contribution in [0.3, 0.4) is 0 Å². The van der Waals surface area contributed by atoms with Gasteiger partial charge in [-0.05, 0) is 25.1 Å². The minimum Gasteiger partial charge on any atom is -0.495 e. The molecule has 0 aliphatic rings. The Morgan fingerprint density at radius 2 is 2.29 bits per heavy atom. The quantitative estimate of drug-likeness (QED) is 0.752. The maximum atomic E-state index is 12.2. The van der Waals surface area contributed by atoms with Crippen molar-refractivity contribution < 1.29 is 9.53 Å². The Hall–Kier alpha value is -2.38. The first-order valence-electron chi connectivity index (χ1n) is 7.13. The second kappa shape index (κ2) is 7.02. The number of benzene rings is 1. The van der Waals surface area contributed by atoms with Gasteiger partial charge in [0.1, 0.15) is 23.0 Å². The first kappa shape index (κ1) is 16.5. The van der Waals surface area contributed by atoms with Gasteiger partial charge in [-0.25, -0.2) is 9.97 Å². The number of methoxy groups -OCH3 is 1.